The number of nitrogens with zero attached hydrogens (tertiary/aromatic N) is 3. The average molecular weight is 243 g/mol. The van der Waals surface area contributed by atoms with Crippen molar-refractivity contribution in [2.24, 2.45) is 0 Å². The first-order valence-electron chi connectivity index (χ1n) is 5.35. The predicted molar refractivity (Wildman–Crippen MR) is 57.5 cm³/mol. The maximum atomic E-state index is 12.5. The van der Waals surface area contributed by atoms with E-state index < -0.39 is 11.7 Å². The van der Waals surface area contributed by atoms with Crippen LogP contribution in [0.1, 0.15) is 31.9 Å². The third-order valence-corrected chi connectivity index (χ3v) is 2.81. The van der Waals surface area contributed by atoms with Crippen molar-refractivity contribution in [2.45, 2.75) is 32.5 Å². The van der Waals surface area contributed by atoms with Gasteiger partial charge in [0.1, 0.15) is 5.52 Å². The highest BCUT2D eigenvalue weighted by Crippen LogP contribution is 2.31. The average Bonchev–Trinajstić information content (AvgIpc) is 2.69. The summed E-state index contributed by atoms with van der Waals surface area (Å²) in [7, 11) is 0. The fourth-order valence-electron chi connectivity index (χ4n) is 1.62. The van der Waals surface area contributed by atoms with E-state index in [4.69, 9.17) is 0 Å². The number of halogens is 3. The normalized spacial score (nSPS) is 14.2. The van der Waals surface area contributed by atoms with E-state index in [0.29, 0.717) is 5.52 Å². The van der Waals surface area contributed by atoms with Crippen molar-refractivity contribution in [1.82, 2.24) is 15.0 Å². The molecule has 92 valence electrons. The standard InChI is InChI=1S/C11H12F3N3/c1-3-7(2)17-10-5-4-8(11(12,13)14)6-9(10)15-16-17/h4-7H,3H2,1-2H3. The van der Waals surface area contributed by atoms with Gasteiger partial charge in [-0.25, -0.2) is 4.68 Å². The van der Waals surface area contributed by atoms with Crippen LogP contribution in [-0.4, -0.2) is 15.0 Å². The highest BCUT2D eigenvalue weighted by atomic mass is 19.4. The number of fused-ring (bicyclic) bond motifs is 1. The molecule has 0 aliphatic rings. The molecule has 2 aromatic rings. The Morgan fingerprint density at radius 2 is 2.06 bits per heavy atom. The Hall–Kier alpha value is -1.59. The first kappa shape index (κ1) is 11.9. The lowest BCUT2D eigenvalue weighted by Gasteiger charge is -2.10. The summed E-state index contributed by atoms with van der Waals surface area (Å²) in [4.78, 5) is 0. The molecule has 0 saturated carbocycles. The van der Waals surface area contributed by atoms with Crippen LogP contribution in [0.3, 0.4) is 0 Å². The van der Waals surface area contributed by atoms with Crippen LogP contribution in [-0.2, 0) is 6.18 Å². The molecular formula is C11H12F3N3. The van der Waals surface area contributed by atoms with Crippen LogP contribution in [0.25, 0.3) is 11.0 Å². The van der Waals surface area contributed by atoms with Gasteiger partial charge in [0.25, 0.3) is 0 Å². The molecule has 1 unspecified atom stereocenters. The van der Waals surface area contributed by atoms with Gasteiger partial charge in [0.15, 0.2) is 0 Å². The van der Waals surface area contributed by atoms with E-state index in [9.17, 15) is 13.2 Å². The van der Waals surface area contributed by atoms with Crippen molar-refractivity contribution in [2.75, 3.05) is 0 Å². The Labute approximate surface area is 96.2 Å². The number of aromatic nitrogens is 3. The summed E-state index contributed by atoms with van der Waals surface area (Å²) < 4.78 is 39.1. The topological polar surface area (TPSA) is 30.7 Å². The molecular weight excluding hydrogens is 231 g/mol. The molecule has 0 saturated heterocycles. The van der Waals surface area contributed by atoms with Crippen LogP contribution in [0.5, 0.6) is 0 Å². The van der Waals surface area contributed by atoms with E-state index in [1.807, 2.05) is 13.8 Å². The second-order valence-corrected chi connectivity index (χ2v) is 3.99. The summed E-state index contributed by atoms with van der Waals surface area (Å²) in [6.07, 6.45) is -3.49. The lowest BCUT2D eigenvalue weighted by Crippen LogP contribution is -2.06. The molecule has 3 nitrogen and oxygen atoms in total. The van der Waals surface area contributed by atoms with Gasteiger partial charge in [0.05, 0.1) is 17.1 Å². The molecule has 0 spiro atoms. The smallest absolute Gasteiger partial charge is 0.242 e. The van der Waals surface area contributed by atoms with Gasteiger partial charge in [-0.2, -0.15) is 13.2 Å². The van der Waals surface area contributed by atoms with Gasteiger partial charge < -0.3 is 0 Å². The monoisotopic (exact) mass is 243 g/mol. The molecule has 2 rings (SSSR count). The van der Waals surface area contributed by atoms with Gasteiger partial charge in [0.2, 0.25) is 0 Å². The molecule has 0 fully saturated rings. The number of hydrogen-bond donors (Lipinski definition) is 0. The SMILES string of the molecule is CCC(C)n1nnc2cc(C(F)(F)F)ccc21. The van der Waals surface area contributed by atoms with E-state index in [1.165, 1.54) is 6.07 Å². The van der Waals surface area contributed by atoms with E-state index in [2.05, 4.69) is 10.3 Å². The summed E-state index contributed by atoms with van der Waals surface area (Å²) in [5, 5.41) is 7.66. The molecule has 1 atom stereocenters. The van der Waals surface area contributed by atoms with Gasteiger partial charge in [-0.15, -0.1) is 5.10 Å². The molecule has 0 aliphatic carbocycles. The minimum atomic E-state index is -4.34. The quantitative estimate of drug-likeness (QED) is 0.809. The Morgan fingerprint density at radius 1 is 1.35 bits per heavy atom. The molecule has 0 bridgehead atoms. The zero-order valence-electron chi connectivity index (χ0n) is 9.49. The summed E-state index contributed by atoms with van der Waals surface area (Å²) >= 11 is 0. The first-order valence-corrected chi connectivity index (χ1v) is 5.35. The van der Waals surface area contributed by atoms with Crippen LogP contribution in [0.2, 0.25) is 0 Å². The Bertz CT molecular complexity index is 530. The molecule has 0 N–H and O–H groups in total. The zero-order chi connectivity index (χ0) is 12.6. The number of hydrogen-bond acceptors (Lipinski definition) is 2. The van der Waals surface area contributed by atoms with Crippen molar-refractivity contribution < 1.29 is 13.2 Å². The predicted octanol–water partition coefficient (Wildman–Crippen LogP) is 3.42. The highest BCUT2D eigenvalue weighted by Gasteiger charge is 2.31. The van der Waals surface area contributed by atoms with Gasteiger partial charge in [-0.1, -0.05) is 12.1 Å². The fourth-order valence-corrected chi connectivity index (χ4v) is 1.62. The second-order valence-electron chi connectivity index (χ2n) is 3.99. The van der Waals surface area contributed by atoms with Crippen molar-refractivity contribution in [1.29, 1.82) is 0 Å². The van der Waals surface area contributed by atoms with Gasteiger partial charge in [0, 0.05) is 0 Å². The fraction of sp³-hybridized carbons (Fsp3) is 0.455. The molecule has 6 heteroatoms. The molecule has 0 radical (unpaired) electrons. The number of rotatable bonds is 2. The van der Waals surface area contributed by atoms with Crippen molar-refractivity contribution >= 4 is 11.0 Å². The number of alkyl halides is 3. The van der Waals surface area contributed by atoms with Crippen LogP contribution in [0.15, 0.2) is 18.2 Å². The minimum absolute atomic E-state index is 0.122. The number of benzene rings is 1. The third-order valence-electron chi connectivity index (χ3n) is 2.81. The Balaban J connectivity index is 2.52. The van der Waals surface area contributed by atoms with E-state index in [0.717, 1.165) is 18.6 Å². The van der Waals surface area contributed by atoms with E-state index in [1.54, 1.807) is 4.68 Å². The second kappa shape index (κ2) is 4.01. The molecule has 1 aromatic heterocycles. The Kier molecular flexibility index (Phi) is 2.81. The third kappa shape index (κ3) is 2.11. The molecule has 1 aromatic carbocycles. The summed E-state index contributed by atoms with van der Waals surface area (Å²) in [6, 6.07) is 3.63. The Morgan fingerprint density at radius 3 is 2.65 bits per heavy atom. The van der Waals surface area contributed by atoms with E-state index in [-0.39, 0.29) is 11.6 Å². The molecule has 17 heavy (non-hydrogen) atoms. The molecule has 1 heterocycles. The largest absolute Gasteiger partial charge is 0.416 e. The minimum Gasteiger partial charge on any atom is -0.242 e. The lowest BCUT2D eigenvalue weighted by molar-refractivity contribution is -0.137. The summed E-state index contributed by atoms with van der Waals surface area (Å²) in [5.74, 6) is 0. The highest BCUT2D eigenvalue weighted by molar-refractivity contribution is 5.75. The molecule has 0 amide bonds. The van der Waals surface area contributed by atoms with Gasteiger partial charge in [-0.3, -0.25) is 0 Å². The summed E-state index contributed by atoms with van der Waals surface area (Å²) in [6.45, 7) is 3.94. The maximum absolute atomic E-state index is 12.5. The van der Waals surface area contributed by atoms with Crippen molar-refractivity contribution in [3.8, 4) is 0 Å². The van der Waals surface area contributed by atoms with Crippen LogP contribution >= 0.6 is 0 Å². The molecule has 0 aliphatic heterocycles. The first-order chi connectivity index (χ1) is 7.93. The summed E-state index contributed by atoms with van der Waals surface area (Å²) in [5.41, 5.74) is 0.216. The van der Waals surface area contributed by atoms with Crippen LogP contribution < -0.4 is 0 Å². The van der Waals surface area contributed by atoms with E-state index >= 15 is 0 Å². The van der Waals surface area contributed by atoms with Crippen molar-refractivity contribution in [3.05, 3.63) is 23.8 Å². The lowest BCUT2D eigenvalue weighted by atomic mass is 10.2. The van der Waals surface area contributed by atoms with Gasteiger partial charge in [-0.05, 0) is 31.5 Å². The van der Waals surface area contributed by atoms with Gasteiger partial charge >= 0.3 is 6.18 Å². The van der Waals surface area contributed by atoms with Crippen molar-refractivity contribution in [3.63, 3.8) is 0 Å². The van der Waals surface area contributed by atoms with Crippen LogP contribution in [0, 0.1) is 0 Å². The van der Waals surface area contributed by atoms with Crippen LogP contribution in [0.4, 0.5) is 13.2 Å². The zero-order valence-corrected chi connectivity index (χ0v) is 9.49. The maximum Gasteiger partial charge on any atom is 0.416 e.